The van der Waals surface area contributed by atoms with Crippen LogP contribution in [0.5, 0.6) is 5.75 Å². The van der Waals surface area contributed by atoms with E-state index in [-0.39, 0.29) is 5.52 Å². The monoisotopic (exact) mass is 436 g/mol. The van der Waals surface area contributed by atoms with E-state index in [1.54, 1.807) is 45.2 Å². The van der Waals surface area contributed by atoms with Crippen LogP contribution in [-0.4, -0.2) is 28.0 Å². The Hall–Kier alpha value is -4.01. The molecule has 0 aliphatic rings. The number of anilines is 1. The molecule has 2 heterocycles. The van der Waals surface area contributed by atoms with E-state index in [0.717, 1.165) is 4.68 Å². The van der Waals surface area contributed by atoms with E-state index in [1.165, 1.54) is 24.3 Å². The zero-order valence-electron chi connectivity index (χ0n) is 17.8. The van der Waals surface area contributed by atoms with Crippen molar-refractivity contribution in [1.82, 2.24) is 14.9 Å². The van der Waals surface area contributed by atoms with E-state index in [0.29, 0.717) is 40.3 Å². The maximum Gasteiger partial charge on any atom is 0.297 e. The number of benzene rings is 2. The highest BCUT2D eigenvalue weighted by Crippen LogP contribution is 2.29. The van der Waals surface area contributed by atoms with Crippen molar-refractivity contribution in [3.63, 3.8) is 0 Å². The van der Waals surface area contributed by atoms with Crippen molar-refractivity contribution in [2.75, 3.05) is 12.4 Å². The van der Waals surface area contributed by atoms with Gasteiger partial charge in [-0.1, -0.05) is 12.1 Å². The minimum Gasteiger partial charge on any atom is -0.497 e. The van der Waals surface area contributed by atoms with Crippen LogP contribution in [0, 0.1) is 12.7 Å². The van der Waals surface area contributed by atoms with Crippen molar-refractivity contribution in [2.45, 2.75) is 26.3 Å². The fraction of sp³-hybridized carbons (Fsp3) is 0.217. The summed E-state index contributed by atoms with van der Waals surface area (Å²) in [4.78, 5) is 26.1. The van der Waals surface area contributed by atoms with Crippen LogP contribution < -0.4 is 15.6 Å². The first-order valence-corrected chi connectivity index (χ1v) is 10.0. The van der Waals surface area contributed by atoms with Crippen LogP contribution in [0.2, 0.25) is 0 Å². The highest BCUT2D eigenvalue weighted by molar-refractivity contribution is 5.95. The molecule has 0 saturated carbocycles. The molecule has 0 spiro atoms. The standard InChI is InChI=1S/C23H21FN4O4/c1-4-18(22(29)25-16-9-7-15(24)8-10-16)28-23(30)21-19(13(2)32-27-21)20(26-28)14-5-11-17(31-3)12-6-14/h5-12,18H,4H2,1-3H3,(H,25,29)/t18-/m1/s1. The molecular weight excluding hydrogens is 415 g/mol. The van der Waals surface area contributed by atoms with Crippen LogP contribution in [-0.2, 0) is 4.79 Å². The summed E-state index contributed by atoms with van der Waals surface area (Å²) in [7, 11) is 1.57. The first-order chi connectivity index (χ1) is 15.4. The van der Waals surface area contributed by atoms with Crippen molar-refractivity contribution in [3.05, 3.63) is 70.5 Å². The molecule has 8 nitrogen and oxygen atoms in total. The van der Waals surface area contributed by atoms with Crippen molar-refractivity contribution in [1.29, 1.82) is 0 Å². The normalized spacial score (nSPS) is 12.0. The lowest BCUT2D eigenvalue weighted by molar-refractivity contribution is -0.119. The minimum absolute atomic E-state index is 0.0938. The fourth-order valence-electron chi connectivity index (χ4n) is 3.50. The molecule has 32 heavy (non-hydrogen) atoms. The molecule has 0 fully saturated rings. The summed E-state index contributed by atoms with van der Waals surface area (Å²) in [6, 6.07) is 11.6. The number of aromatic nitrogens is 3. The minimum atomic E-state index is -0.911. The lowest BCUT2D eigenvalue weighted by Gasteiger charge is -2.18. The lowest BCUT2D eigenvalue weighted by atomic mass is 10.1. The number of hydrogen-bond donors (Lipinski definition) is 1. The van der Waals surface area contributed by atoms with E-state index in [4.69, 9.17) is 9.26 Å². The van der Waals surface area contributed by atoms with Gasteiger partial charge in [-0.05, 0) is 61.9 Å². The van der Waals surface area contributed by atoms with Gasteiger partial charge in [0.2, 0.25) is 5.91 Å². The Morgan fingerprint density at radius 2 is 1.88 bits per heavy atom. The quantitative estimate of drug-likeness (QED) is 0.489. The second-order valence-electron chi connectivity index (χ2n) is 7.21. The summed E-state index contributed by atoms with van der Waals surface area (Å²) < 4.78 is 24.8. The first-order valence-electron chi connectivity index (χ1n) is 10.0. The number of hydrogen-bond acceptors (Lipinski definition) is 6. The van der Waals surface area contributed by atoms with Crippen molar-refractivity contribution < 1.29 is 18.4 Å². The van der Waals surface area contributed by atoms with Gasteiger partial charge < -0.3 is 14.6 Å². The Balaban J connectivity index is 1.81. The molecule has 2 aromatic heterocycles. The number of carbonyl (C=O) groups is 1. The van der Waals surface area contributed by atoms with E-state index in [2.05, 4.69) is 15.6 Å². The van der Waals surface area contributed by atoms with Crippen LogP contribution in [0.3, 0.4) is 0 Å². The summed E-state index contributed by atoms with van der Waals surface area (Å²) >= 11 is 0. The molecule has 164 valence electrons. The molecule has 0 saturated heterocycles. The Morgan fingerprint density at radius 3 is 2.50 bits per heavy atom. The van der Waals surface area contributed by atoms with Crippen LogP contribution in [0.4, 0.5) is 10.1 Å². The molecule has 1 N–H and O–H groups in total. The molecule has 1 amide bonds. The molecule has 2 aromatic carbocycles. The highest BCUT2D eigenvalue weighted by atomic mass is 19.1. The highest BCUT2D eigenvalue weighted by Gasteiger charge is 2.26. The number of nitrogens with one attached hydrogen (secondary N) is 1. The summed E-state index contributed by atoms with van der Waals surface area (Å²) in [6.07, 6.45) is 0.296. The molecule has 1 atom stereocenters. The van der Waals surface area contributed by atoms with Gasteiger partial charge in [0.1, 0.15) is 29.1 Å². The Morgan fingerprint density at radius 1 is 1.19 bits per heavy atom. The molecule has 4 rings (SSSR count). The summed E-state index contributed by atoms with van der Waals surface area (Å²) in [5.74, 6) is 0.259. The number of nitrogens with zero attached hydrogens (tertiary/aromatic N) is 3. The predicted octanol–water partition coefficient (Wildman–Crippen LogP) is 4.10. The van der Waals surface area contributed by atoms with E-state index >= 15 is 0 Å². The molecule has 0 unspecified atom stereocenters. The average Bonchev–Trinajstić information content (AvgIpc) is 3.19. The van der Waals surface area contributed by atoms with Gasteiger partial charge in [0.25, 0.3) is 5.56 Å². The van der Waals surface area contributed by atoms with Crippen LogP contribution in [0.25, 0.3) is 22.2 Å². The maximum absolute atomic E-state index is 13.2. The number of aryl methyl sites for hydroxylation is 1. The number of methoxy groups -OCH3 is 1. The Bertz CT molecular complexity index is 1330. The Labute approximate surface area is 182 Å². The molecule has 4 aromatic rings. The molecule has 0 radical (unpaired) electrons. The number of carbonyl (C=O) groups excluding carboxylic acids is 1. The third-order valence-corrected chi connectivity index (χ3v) is 5.18. The molecule has 0 bridgehead atoms. The number of ether oxygens (including phenoxy) is 1. The van der Waals surface area contributed by atoms with Gasteiger partial charge in [0.05, 0.1) is 12.5 Å². The van der Waals surface area contributed by atoms with Gasteiger partial charge in [-0.3, -0.25) is 9.59 Å². The topological polar surface area (TPSA) is 99.2 Å². The van der Waals surface area contributed by atoms with Crippen LogP contribution in [0.1, 0.15) is 25.1 Å². The zero-order valence-corrected chi connectivity index (χ0v) is 17.8. The molecule has 9 heteroatoms. The Kier molecular flexibility index (Phi) is 5.72. The van der Waals surface area contributed by atoms with E-state index in [1.807, 2.05) is 0 Å². The maximum atomic E-state index is 13.2. The van der Waals surface area contributed by atoms with Gasteiger partial charge in [0, 0.05) is 11.3 Å². The SMILES string of the molecule is CC[C@H](C(=O)Nc1ccc(F)cc1)n1nc(-c2ccc(OC)cc2)c2c(C)onc2c1=O. The number of amides is 1. The van der Waals surface area contributed by atoms with Crippen LogP contribution >= 0.6 is 0 Å². The average molecular weight is 436 g/mol. The van der Waals surface area contributed by atoms with Gasteiger partial charge in [0.15, 0.2) is 5.52 Å². The third-order valence-electron chi connectivity index (χ3n) is 5.18. The second kappa shape index (κ2) is 8.62. The van der Waals surface area contributed by atoms with Gasteiger partial charge in [-0.25, -0.2) is 9.07 Å². The van der Waals surface area contributed by atoms with E-state index in [9.17, 15) is 14.0 Å². The fourth-order valence-corrected chi connectivity index (χ4v) is 3.50. The van der Waals surface area contributed by atoms with Gasteiger partial charge in [-0.2, -0.15) is 5.10 Å². The predicted molar refractivity (Wildman–Crippen MR) is 117 cm³/mol. The lowest BCUT2D eigenvalue weighted by Crippen LogP contribution is -2.35. The van der Waals surface area contributed by atoms with Crippen molar-refractivity contribution >= 4 is 22.5 Å². The van der Waals surface area contributed by atoms with Crippen LogP contribution in [0.15, 0.2) is 57.8 Å². The summed E-state index contributed by atoms with van der Waals surface area (Å²) in [5.41, 5.74) is 1.15. The van der Waals surface area contributed by atoms with Crippen molar-refractivity contribution in [2.24, 2.45) is 0 Å². The molecular formula is C23H21FN4O4. The smallest absolute Gasteiger partial charge is 0.297 e. The molecule has 0 aliphatic carbocycles. The van der Waals surface area contributed by atoms with Crippen molar-refractivity contribution in [3.8, 4) is 17.0 Å². The summed E-state index contributed by atoms with van der Waals surface area (Å²) in [5, 5.41) is 11.7. The van der Waals surface area contributed by atoms with Gasteiger partial charge in [-0.15, -0.1) is 0 Å². The first kappa shape index (κ1) is 21.2. The third kappa shape index (κ3) is 3.84. The molecule has 0 aliphatic heterocycles. The van der Waals surface area contributed by atoms with Gasteiger partial charge >= 0.3 is 0 Å². The largest absolute Gasteiger partial charge is 0.497 e. The number of halogens is 1. The van der Waals surface area contributed by atoms with E-state index < -0.39 is 23.3 Å². The summed E-state index contributed by atoms with van der Waals surface area (Å²) in [6.45, 7) is 3.47. The number of fused-ring (bicyclic) bond motifs is 1. The number of rotatable bonds is 6. The zero-order chi connectivity index (χ0) is 22.8. The second-order valence-corrected chi connectivity index (χ2v) is 7.21.